The SMILES string of the molecule is O=C(COC(=O)c1ccc([N+](=O)[O-])o1)Nc1nc(-c2cccc([N+](=O)[O-])c2)cs1. The van der Waals surface area contributed by atoms with Gasteiger partial charge < -0.3 is 9.15 Å². The fraction of sp³-hybridized carbons (Fsp3) is 0.0625. The largest absolute Gasteiger partial charge is 0.450 e. The zero-order valence-electron chi connectivity index (χ0n) is 14.3. The fourth-order valence-electron chi connectivity index (χ4n) is 2.14. The molecule has 3 aromatic rings. The molecule has 0 aliphatic carbocycles. The van der Waals surface area contributed by atoms with Crippen molar-refractivity contribution in [3.63, 3.8) is 0 Å². The second kappa shape index (κ2) is 8.26. The summed E-state index contributed by atoms with van der Waals surface area (Å²) in [6, 6.07) is 7.90. The third kappa shape index (κ3) is 4.78. The second-order valence-electron chi connectivity index (χ2n) is 5.36. The molecule has 0 aliphatic heterocycles. The molecule has 0 unspecified atom stereocenters. The number of nitrogens with zero attached hydrogens (tertiary/aromatic N) is 3. The van der Waals surface area contributed by atoms with E-state index < -0.39 is 40.0 Å². The van der Waals surface area contributed by atoms with Crippen molar-refractivity contribution in [2.75, 3.05) is 11.9 Å². The number of anilines is 1. The maximum absolute atomic E-state index is 11.9. The van der Waals surface area contributed by atoms with Crippen LogP contribution in [0.15, 0.2) is 46.2 Å². The first-order valence-electron chi connectivity index (χ1n) is 7.75. The Hall–Kier alpha value is -4.13. The number of nitro groups is 2. The Kier molecular flexibility index (Phi) is 5.59. The third-order valence-electron chi connectivity index (χ3n) is 3.41. The molecule has 1 aromatic carbocycles. The smallest absolute Gasteiger partial charge is 0.433 e. The highest BCUT2D eigenvalue weighted by atomic mass is 32.1. The molecule has 0 bridgehead atoms. The molecule has 0 fully saturated rings. The van der Waals surface area contributed by atoms with E-state index in [1.807, 2.05) is 0 Å². The number of hydrogen-bond acceptors (Lipinski definition) is 10. The molecule has 3 rings (SSSR count). The summed E-state index contributed by atoms with van der Waals surface area (Å²) in [5.74, 6) is -2.77. The number of aromatic nitrogens is 1. The molecule has 2 aromatic heterocycles. The predicted molar refractivity (Wildman–Crippen MR) is 98.5 cm³/mol. The number of ether oxygens (including phenoxy) is 1. The van der Waals surface area contributed by atoms with E-state index in [9.17, 15) is 29.8 Å². The van der Waals surface area contributed by atoms with Gasteiger partial charge >= 0.3 is 11.9 Å². The monoisotopic (exact) mass is 418 g/mol. The molecule has 0 spiro atoms. The summed E-state index contributed by atoms with van der Waals surface area (Å²) >= 11 is 1.08. The molecular weight excluding hydrogens is 408 g/mol. The van der Waals surface area contributed by atoms with E-state index in [2.05, 4.69) is 14.7 Å². The van der Waals surface area contributed by atoms with Gasteiger partial charge in [-0.1, -0.05) is 12.1 Å². The van der Waals surface area contributed by atoms with Gasteiger partial charge in [-0.05, 0) is 6.07 Å². The van der Waals surface area contributed by atoms with Crippen LogP contribution in [0.1, 0.15) is 10.6 Å². The van der Waals surface area contributed by atoms with Crippen molar-refractivity contribution < 1.29 is 28.6 Å². The summed E-state index contributed by atoms with van der Waals surface area (Å²) in [5.41, 5.74) is 0.835. The first-order chi connectivity index (χ1) is 13.8. The van der Waals surface area contributed by atoms with Crippen LogP contribution in [0, 0.1) is 20.2 Å². The van der Waals surface area contributed by atoms with Crippen LogP contribution in [0.4, 0.5) is 16.7 Å². The van der Waals surface area contributed by atoms with Crippen molar-refractivity contribution >= 4 is 39.9 Å². The number of esters is 1. The lowest BCUT2D eigenvalue weighted by Crippen LogP contribution is -2.20. The lowest BCUT2D eigenvalue weighted by molar-refractivity contribution is -0.402. The first kappa shape index (κ1) is 19.6. The number of benzene rings is 1. The summed E-state index contributed by atoms with van der Waals surface area (Å²) in [7, 11) is 0. The van der Waals surface area contributed by atoms with E-state index in [1.165, 1.54) is 18.2 Å². The molecule has 0 aliphatic rings. The Balaban J connectivity index is 1.57. The summed E-state index contributed by atoms with van der Waals surface area (Å²) in [4.78, 5) is 47.8. The number of thiazole rings is 1. The number of carbonyl (C=O) groups excluding carboxylic acids is 2. The van der Waals surface area contributed by atoms with Gasteiger partial charge in [0.1, 0.15) is 4.92 Å². The van der Waals surface area contributed by atoms with Crippen LogP contribution in [-0.4, -0.2) is 33.3 Å². The van der Waals surface area contributed by atoms with Crippen LogP contribution >= 0.6 is 11.3 Å². The standard InChI is InChI=1S/C16H10N4O8S/c21-13(7-27-15(22)12-4-5-14(28-12)20(25)26)18-16-17-11(8-29-16)9-2-1-3-10(6-9)19(23)24/h1-6,8H,7H2,(H,17,18,21). The third-order valence-corrected chi connectivity index (χ3v) is 4.17. The number of nitrogens with one attached hydrogen (secondary N) is 1. The van der Waals surface area contributed by atoms with Gasteiger partial charge in [-0.2, -0.15) is 0 Å². The topological polar surface area (TPSA) is 168 Å². The number of non-ortho nitro benzene ring substituents is 1. The van der Waals surface area contributed by atoms with Crippen LogP contribution in [0.3, 0.4) is 0 Å². The zero-order chi connectivity index (χ0) is 21.0. The Bertz CT molecular complexity index is 1110. The quantitative estimate of drug-likeness (QED) is 0.344. The predicted octanol–water partition coefficient (Wildman–Crippen LogP) is 3.02. The molecule has 13 heteroatoms. The highest BCUT2D eigenvalue weighted by molar-refractivity contribution is 7.14. The van der Waals surface area contributed by atoms with Gasteiger partial charge in [-0.25, -0.2) is 9.78 Å². The van der Waals surface area contributed by atoms with E-state index in [-0.39, 0.29) is 10.8 Å². The molecular formula is C16H10N4O8S. The molecule has 1 N–H and O–H groups in total. The van der Waals surface area contributed by atoms with E-state index >= 15 is 0 Å². The minimum absolute atomic E-state index is 0.0915. The summed E-state index contributed by atoms with van der Waals surface area (Å²) < 4.78 is 9.40. The molecule has 0 saturated heterocycles. The maximum atomic E-state index is 11.9. The molecule has 1 amide bonds. The summed E-state index contributed by atoms with van der Waals surface area (Å²) in [5, 5.41) is 25.6. The van der Waals surface area contributed by atoms with E-state index in [4.69, 9.17) is 4.74 Å². The number of hydrogen-bond donors (Lipinski definition) is 1. The highest BCUT2D eigenvalue weighted by Gasteiger charge is 2.19. The number of amides is 1. The lowest BCUT2D eigenvalue weighted by Gasteiger charge is -2.02. The molecule has 0 radical (unpaired) electrons. The lowest BCUT2D eigenvalue weighted by atomic mass is 10.1. The Morgan fingerprint density at radius 3 is 2.66 bits per heavy atom. The van der Waals surface area contributed by atoms with Gasteiger partial charge in [0.15, 0.2) is 11.7 Å². The summed E-state index contributed by atoms with van der Waals surface area (Å²) in [6.45, 7) is -0.668. The van der Waals surface area contributed by atoms with Gasteiger partial charge in [0.25, 0.3) is 11.6 Å². The van der Waals surface area contributed by atoms with Crippen LogP contribution < -0.4 is 5.32 Å². The van der Waals surface area contributed by atoms with Crippen molar-refractivity contribution in [1.29, 1.82) is 0 Å². The van der Waals surface area contributed by atoms with E-state index in [0.29, 0.717) is 11.3 Å². The number of carbonyl (C=O) groups is 2. The van der Waals surface area contributed by atoms with Gasteiger partial charge in [-0.15, -0.1) is 11.3 Å². The number of rotatable bonds is 7. The minimum atomic E-state index is -1.04. The number of nitro benzene ring substituents is 1. The van der Waals surface area contributed by atoms with Crippen LogP contribution in [-0.2, 0) is 9.53 Å². The Morgan fingerprint density at radius 1 is 1.17 bits per heavy atom. The molecule has 29 heavy (non-hydrogen) atoms. The van der Waals surface area contributed by atoms with Crippen LogP contribution in [0.5, 0.6) is 0 Å². The summed E-state index contributed by atoms with van der Waals surface area (Å²) in [6.07, 6.45) is 0. The van der Waals surface area contributed by atoms with Gasteiger partial charge in [-0.3, -0.25) is 30.3 Å². The number of furan rings is 1. The average Bonchev–Trinajstić information content (AvgIpc) is 3.36. The fourth-order valence-corrected chi connectivity index (χ4v) is 2.87. The van der Waals surface area contributed by atoms with Crippen molar-refractivity contribution in [1.82, 2.24) is 4.98 Å². The van der Waals surface area contributed by atoms with Gasteiger partial charge in [0, 0.05) is 23.1 Å². The van der Waals surface area contributed by atoms with Crippen molar-refractivity contribution in [3.8, 4) is 11.3 Å². The average molecular weight is 418 g/mol. The molecule has 0 atom stereocenters. The first-order valence-corrected chi connectivity index (χ1v) is 8.63. The Morgan fingerprint density at radius 2 is 1.97 bits per heavy atom. The van der Waals surface area contributed by atoms with Crippen molar-refractivity contribution in [2.45, 2.75) is 0 Å². The molecule has 12 nitrogen and oxygen atoms in total. The van der Waals surface area contributed by atoms with Gasteiger partial charge in [0.2, 0.25) is 5.76 Å². The second-order valence-corrected chi connectivity index (χ2v) is 6.22. The van der Waals surface area contributed by atoms with Crippen molar-refractivity contribution in [2.24, 2.45) is 0 Å². The van der Waals surface area contributed by atoms with Gasteiger partial charge in [0.05, 0.1) is 16.7 Å². The van der Waals surface area contributed by atoms with Crippen molar-refractivity contribution in [3.05, 3.63) is 67.8 Å². The minimum Gasteiger partial charge on any atom is -0.450 e. The van der Waals surface area contributed by atoms with E-state index in [0.717, 1.165) is 23.5 Å². The maximum Gasteiger partial charge on any atom is 0.433 e. The van der Waals surface area contributed by atoms with Crippen LogP contribution in [0.2, 0.25) is 0 Å². The molecule has 148 valence electrons. The molecule has 2 heterocycles. The normalized spacial score (nSPS) is 10.3. The van der Waals surface area contributed by atoms with E-state index in [1.54, 1.807) is 11.4 Å². The van der Waals surface area contributed by atoms with Crippen LogP contribution in [0.25, 0.3) is 11.3 Å². The Labute approximate surface area is 165 Å². The molecule has 0 saturated carbocycles. The highest BCUT2D eigenvalue weighted by Crippen LogP contribution is 2.27. The zero-order valence-corrected chi connectivity index (χ0v) is 15.1.